The predicted molar refractivity (Wildman–Crippen MR) is 118 cm³/mol. The van der Waals surface area contributed by atoms with E-state index in [0.29, 0.717) is 37.7 Å². The van der Waals surface area contributed by atoms with E-state index in [2.05, 4.69) is 9.80 Å². The van der Waals surface area contributed by atoms with Gasteiger partial charge in [-0.15, -0.1) is 0 Å². The zero-order valence-electron chi connectivity index (χ0n) is 18.9. The van der Waals surface area contributed by atoms with E-state index in [-0.39, 0.29) is 18.6 Å². The van der Waals surface area contributed by atoms with Crippen LogP contribution >= 0.6 is 0 Å². The van der Waals surface area contributed by atoms with Gasteiger partial charge in [-0.25, -0.2) is 9.59 Å². The Kier molecular flexibility index (Phi) is 9.45. The van der Waals surface area contributed by atoms with Crippen LogP contribution in [0.2, 0.25) is 0 Å². The first kappa shape index (κ1) is 25.7. The van der Waals surface area contributed by atoms with Crippen molar-refractivity contribution in [1.82, 2.24) is 14.7 Å². The number of piperazine rings is 1. The van der Waals surface area contributed by atoms with Gasteiger partial charge in [0.2, 0.25) is 6.10 Å². The number of nitrogens with zero attached hydrogens (tertiary/aromatic N) is 3. The SMILES string of the molecule is O=C(C1COc2ccccc2O1)N1CCN(CC(O)CN2CCOCC2)CC1.O=C(O)C(=O)O. The molecule has 2 saturated heterocycles. The minimum absolute atomic E-state index is 0.0250. The number of fused-ring (bicyclic) bond motifs is 1. The van der Waals surface area contributed by atoms with Crippen molar-refractivity contribution in [1.29, 1.82) is 0 Å². The van der Waals surface area contributed by atoms with E-state index in [1.165, 1.54) is 0 Å². The number of aliphatic hydroxyl groups excluding tert-OH is 1. The molecule has 2 fully saturated rings. The number of hydrogen-bond donors (Lipinski definition) is 3. The molecule has 0 spiro atoms. The highest BCUT2D eigenvalue weighted by Gasteiger charge is 2.33. The average molecular weight is 482 g/mol. The molecule has 1 aromatic carbocycles. The minimum atomic E-state index is -1.82. The lowest BCUT2D eigenvalue weighted by atomic mass is 10.2. The Morgan fingerprint density at radius 1 is 0.882 bits per heavy atom. The van der Waals surface area contributed by atoms with Crippen LogP contribution in [0.15, 0.2) is 24.3 Å². The number of rotatable bonds is 5. The zero-order chi connectivity index (χ0) is 24.5. The summed E-state index contributed by atoms with van der Waals surface area (Å²) < 4.78 is 16.8. The average Bonchev–Trinajstić information content (AvgIpc) is 2.84. The number of carbonyl (C=O) groups is 3. The maximum atomic E-state index is 12.8. The third kappa shape index (κ3) is 7.55. The number of amides is 1. The lowest BCUT2D eigenvalue weighted by molar-refractivity contribution is -0.159. The first-order valence-electron chi connectivity index (χ1n) is 11.2. The largest absolute Gasteiger partial charge is 0.485 e. The first-order valence-corrected chi connectivity index (χ1v) is 11.2. The fourth-order valence-electron chi connectivity index (χ4n) is 3.93. The number of morpholine rings is 1. The van der Waals surface area contributed by atoms with Crippen molar-refractivity contribution in [2.24, 2.45) is 0 Å². The molecule has 0 saturated carbocycles. The van der Waals surface area contributed by atoms with Gasteiger partial charge in [0, 0.05) is 52.4 Å². The number of β-amino-alcohol motifs (C(OH)–C–C–N with tert-alkyl or cyclic N) is 1. The number of hydrogen-bond acceptors (Lipinski definition) is 9. The van der Waals surface area contributed by atoms with Gasteiger partial charge in [-0.2, -0.15) is 0 Å². The van der Waals surface area contributed by atoms with Crippen LogP contribution in [0.5, 0.6) is 11.5 Å². The van der Waals surface area contributed by atoms with Crippen molar-refractivity contribution < 1.29 is 43.9 Å². The molecule has 34 heavy (non-hydrogen) atoms. The molecule has 2 atom stereocenters. The van der Waals surface area contributed by atoms with Crippen molar-refractivity contribution in [2.45, 2.75) is 12.2 Å². The molecule has 12 heteroatoms. The number of ether oxygens (including phenoxy) is 3. The fourth-order valence-corrected chi connectivity index (χ4v) is 3.93. The monoisotopic (exact) mass is 481 g/mol. The summed E-state index contributed by atoms with van der Waals surface area (Å²) in [4.78, 5) is 37.3. The summed E-state index contributed by atoms with van der Waals surface area (Å²) in [5, 5.41) is 25.2. The predicted octanol–water partition coefficient (Wildman–Crippen LogP) is -1.18. The van der Waals surface area contributed by atoms with Crippen molar-refractivity contribution in [3.8, 4) is 11.5 Å². The quantitative estimate of drug-likeness (QED) is 0.436. The number of aliphatic carboxylic acids is 2. The number of carboxylic acid groups (broad SMARTS) is 2. The van der Waals surface area contributed by atoms with Crippen molar-refractivity contribution in [2.75, 3.05) is 72.2 Å². The summed E-state index contributed by atoms with van der Waals surface area (Å²) in [7, 11) is 0. The lowest BCUT2D eigenvalue weighted by Crippen LogP contribution is -2.55. The van der Waals surface area contributed by atoms with Crippen molar-refractivity contribution in [3.63, 3.8) is 0 Å². The Morgan fingerprint density at radius 3 is 2.03 bits per heavy atom. The molecule has 2 unspecified atom stereocenters. The molecule has 0 bridgehead atoms. The van der Waals surface area contributed by atoms with Gasteiger partial charge >= 0.3 is 11.9 Å². The van der Waals surface area contributed by atoms with Crippen LogP contribution in [-0.2, 0) is 19.1 Å². The summed E-state index contributed by atoms with van der Waals surface area (Å²) in [6.45, 7) is 7.61. The van der Waals surface area contributed by atoms with Gasteiger partial charge < -0.3 is 34.4 Å². The highest BCUT2D eigenvalue weighted by atomic mass is 16.6. The molecule has 4 rings (SSSR count). The third-order valence-electron chi connectivity index (χ3n) is 5.69. The normalized spacial score (nSPS) is 21.7. The number of carbonyl (C=O) groups excluding carboxylic acids is 1. The van der Waals surface area contributed by atoms with Gasteiger partial charge in [0.15, 0.2) is 11.5 Å². The van der Waals surface area contributed by atoms with E-state index in [0.717, 1.165) is 39.4 Å². The summed E-state index contributed by atoms with van der Waals surface area (Å²) >= 11 is 0. The zero-order valence-corrected chi connectivity index (χ0v) is 18.9. The Balaban J connectivity index is 0.000000481. The molecule has 12 nitrogen and oxygen atoms in total. The molecule has 1 aromatic rings. The van der Waals surface area contributed by atoms with Crippen LogP contribution in [-0.4, -0.2) is 132 Å². The third-order valence-corrected chi connectivity index (χ3v) is 5.69. The molecule has 188 valence electrons. The van der Waals surface area contributed by atoms with Crippen LogP contribution in [0.4, 0.5) is 0 Å². The van der Waals surface area contributed by atoms with E-state index in [4.69, 9.17) is 34.0 Å². The second-order valence-electron chi connectivity index (χ2n) is 8.17. The molecule has 0 aromatic heterocycles. The number of para-hydroxylation sites is 2. The van der Waals surface area contributed by atoms with E-state index in [9.17, 15) is 9.90 Å². The second kappa shape index (κ2) is 12.5. The Labute approximate surface area is 197 Å². The van der Waals surface area contributed by atoms with Crippen LogP contribution in [0.1, 0.15) is 0 Å². The van der Waals surface area contributed by atoms with E-state index in [1.54, 1.807) is 0 Å². The van der Waals surface area contributed by atoms with Gasteiger partial charge in [0.25, 0.3) is 5.91 Å². The van der Waals surface area contributed by atoms with Gasteiger partial charge in [0.1, 0.15) is 6.61 Å². The summed E-state index contributed by atoms with van der Waals surface area (Å²) in [6, 6.07) is 7.42. The minimum Gasteiger partial charge on any atom is -0.485 e. The van der Waals surface area contributed by atoms with Gasteiger partial charge in [-0.05, 0) is 12.1 Å². The molecular weight excluding hydrogens is 450 g/mol. The molecule has 1 amide bonds. The Hall–Kier alpha value is -2.93. The fraction of sp³-hybridized carbons (Fsp3) is 0.591. The molecule has 3 aliphatic heterocycles. The second-order valence-corrected chi connectivity index (χ2v) is 8.17. The molecule has 0 radical (unpaired) electrons. The van der Waals surface area contributed by atoms with Gasteiger partial charge in [-0.1, -0.05) is 12.1 Å². The smallest absolute Gasteiger partial charge is 0.414 e. The van der Waals surface area contributed by atoms with E-state index >= 15 is 0 Å². The van der Waals surface area contributed by atoms with Crippen molar-refractivity contribution in [3.05, 3.63) is 24.3 Å². The summed E-state index contributed by atoms with van der Waals surface area (Å²) in [6.07, 6.45) is -0.972. The van der Waals surface area contributed by atoms with Crippen LogP contribution < -0.4 is 9.47 Å². The summed E-state index contributed by atoms with van der Waals surface area (Å²) in [5.41, 5.74) is 0. The molecule has 3 heterocycles. The van der Waals surface area contributed by atoms with Gasteiger partial charge in [0.05, 0.1) is 19.3 Å². The molecular formula is C22H31N3O9. The molecule has 3 aliphatic rings. The van der Waals surface area contributed by atoms with Gasteiger partial charge in [-0.3, -0.25) is 14.6 Å². The standard InChI is InChI=1S/C20H29N3O5.C2H2O4/c24-16(14-22-9-11-26-12-10-22)13-21-5-7-23(8-6-21)20(25)19-15-27-17-3-1-2-4-18(17)28-19;3-1(4)2(5)6/h1-4,16,19,24H,5-15H2;(H,3,4)(H,5,6). The topological polar surface area (TPSA) is 149 Å². The lowest BCUT2D eigenvalue weighted by Gasteiger charge is -2.38. The number of aliphatic hydroxyl groups is 1. The Bertz CT molecular complexity index is 827. The van der Waals surface area contributed by atoms with Crippen LogP contribution in [0.25, 0.3) is 0 Å². The van der Waals surface area contributed by atoms with E-state index < -0.39 is 18.0 Å². The van der Waals surface area contributed by atoms with Crippen LogP contribution in [0, 0.1) is 0 Å². The molecule has 0 aliphatic carbocycles. The summed E-state index contributed by atoms with van der Waals surface area (Å²) in [5.74, 6) is -2.37. The van der Waals surface area contributed by atoms with E-state index in [1.807, 2.05) is 29.2 Å². The number of carboxylic acids is 2. The number of benzene rings is 1. The Morgan fingerprint density at radius 2 is 1.44 bits per heavy atom. The highest BCUT2D eigenvalue weighted by Crippen LogP contribution is 2.31. The van der Waals surface area contributed by atoms with Crippen molar-refractivity contribution >= 4 is 17.8 Å². The van der Waals surface area contributed by atoms with Crippen LogP contribution in [0.3, 0.4) is 0 Å². The molecule has 3 N–H and O–H groups in total. The maximum absolute atomic E-state index is 12.8. The first-order chi connectivity index (χ1) is 16.3. The highest BCUT2D eigenvalue weighted by molar-refractivity contribution is 6.27. The maximum Gasteiger partial charge on any atom is 0.414 e.